The van der Waals surface area contributed by atoms with Crippen molar-refractivity contribution in [2.45, 2.75) is 12.8 Å². The number of hydrogen-bond acceptors (Lipinski definition) is 2. The molecule has 1 aromatic rings. The molecule has 1 N–H and O–H groups in total. The Bertz CT molecular complexity index is 328. The van der Waals surface area contributed by atoms with Gasteiger partial charge in [0, 0.05) is 6.54 Å². The molecule has 0 radical (unpaired) electrons. The second-order valence-corrected chi connectivity index (χ2v) is 3.52. The number of hydrogen-bond donors (Lipinski definition) is 1. The van der Waals surface area contributed by atoms with Crippen molar-refractivity contribution in [1.29, 1.82) is 0 Å². The second kappa shape index (κ2) is 4.76. The molecule has 4 heteroatoms. The highest BCUT2D eigenvalue weighted by Gasteiger charge is 2.14. The van der Waals surface area contributed by atoms with Crippen molar-refractivity contribution in [2.24, 2.45) is 0 Å². The predicted octanol–water partition coefficient (Wildman–Crippen LogP) is 3.13. The summed E-state index contributed by atoms with van der Waals surface area (Å²) in [6.45, 7) is 1.000. The average Bonchev–Trinajstić information content (AvgIpc) is 2.19. The van der Waals surface area contributed by atoms with E-state index in [0.29, 0.717) is 5.02 Å². The Morgan fingerprint density at radius 3 is 2.93 bits per heavy atom. The Hall–Kier alpha value is -0.600. The van der Waals surface area contributed by atoms with Gasteiger partial charge in [-0.2, -0.15) is 0 Å². The van der Waals surface area contributed by atoms with Gasteiger partial charge < -0.3 is 10.1 Å². The highest BCUT2D eigenvalue weighted by atomic mass is 35.5. The van der Waals surface area contributed by atoms with Crippen molar-refractivity contribution in [3.8, 4) is 5.75 Å². The molecule has 1 aliphatic heterocycles. The molecular weight excluding hydrogens is 221 g/mol. The summed E-state index contributed by atoms with van der Waals surface area (Å²) in [5.74, 6) is 0.745. The van der Waals surface area contributed by atoms with Crippen molar-refractivity contribution in [3.05, 3.63) is 22.7 Å². The molecule has 2 rings (SSSR count). The first kappa shape index (κ1) is 11.5. The van der Waals surface area contributed by atoms with Gasteiger partial charge in [0.2, 0.25) is 0 Å². The van der Waals surface area contributed by atoms with Crippen LogP contribution >= 0.6 is 24.0 Å². The summed E-state index contributed by atoms with van der Waals surface area (Å²) in [7, 11) is 1.64. The normalized spacial score (nSPS) is 13.6. The van der Waals surface area contributed by atoms with E-state index in [-0.39, 0.29) is 12.4 Å². The molecule has 1 aliphatic rings. The number of nitrogens with one attached hydrogen (secondary N) is 1. The number of ether oxygens (including phenoxy) is 1. The molecule has 1 heterocycles. The summed E-state index contributed by atoms with van der Waals surface area (Å²) in [5.41, 5.74) is 2.34. The van der Waals surface area contributed by atoms with Gasteiger partial charge in [-0.15, -0.1) is 12.4 Å². The molecular formula is C10H13Cl2NO. The summed E-state index contributed by atoms with van der Waals surface area (Å²) in [6.07, 6.45) is 2.28. The number of fused-ring (bicyclic) bond motifs is 1. The van der Waals surface area contributed by atoms with Crippen LogP contribution in [0, 0.1) is 0 Å². The van der Waals surface area contributed by atoms with Gasteiger partial charge in [-0.1, -0.05) is 17.7 Å². The summed E-state index contributed by atoms with van der Waals surface area (Å²) in [6, 6.07) is 4.00. The molecule has 0 aromatic heterocycles. The van der Waals surface area contributed by atoms with Crippen LogP contribution in [0.2, 0.25) is 5.02 Å². The molecule has 0 fully saturated rings. The molecule has 0 atom stereocenters. The zero-order chi connectivity index (χ0) is 9.26. The average molecular weight is 234 g/mol. The fourth-order valence-corrected chi connectivity index (χ4v) is 1.97. The van der Waals surface area contributed by atoms with Gasteiger partial charge in [0.15, 0.2) is 0 Å². The van der Waals surface area contributed by atoms with E-state index >= 15 is 0 Å². The lowest BCUT2D eigenvalue weighted by molar-refractivity contribution is 0.415. The first-order valence-corrected chi connectivity index (χ1v) is 4.80. The van der Waals surface area contributed by atoms with Crippen LogP contribution in [-0.2, 0) is 6.42 Å². The third-order valence-corrected chi connectivity index (χ3v) is 2.71. The lowest BCUT2D eigenvalue weighted by atomic mass is 10.0. The van der Waals surface area contributed by atoms with Crippen molar-refractivity contribution in [1.82, 2.24) is 0 Å². The van der Waals surface area contributed by atoms with Crippen LogP contribution in [-0.4, -0.2) is 13.7 Å². The molecule has 1 aromatic carbocycles. The van der Waals surface area contributed by atoms with E-state index in [9.17, 15) is 0 Å². The van der Waals surface area contributed by atoms with Gasteiger partial charge in [0.1, 0.15) is 10.8 Å². The van der Waals surface area contributed by atoms with Crippen molar-refractivity contribution in [2.75, 3.05) is 19.0 Å². The Morgan fingerprint density at radius 1 is 1.43 bits per heavy atom. The van der Waals surface area contributed by atoms with E-state index in [2.05, 4.69) is 11.4 Å². The van der Waals surface area contributed by atoms with Crippen LogP contribution in [0.4, 0.5) is 5.69 Å². The van der Waals surface area contributed by atoms with Crippen LogP contribution in [0.25, 0.3) is 0 Å². The third kappa shape index (κ3) is 1.91. The number of halogens is 2. The van der Waals surface area contributed by atoms with E-state index in [4.69, 9.17) is 16.3 Å². The first-order valence-electron chi connectivity index (χ1n) is 4.42. The maximum absolute atomic E-state index is 6.14. The molecule has 0 amide bonds. The zero-order valence-electron chi connectivity index (χ0n) is 7.97. The van der Waals surface area contributed by atoms with Crippen LogP contribution in [0.1, 0.15) is 12.0 Å². The molecule has 14 heavy (non-hydrogen) atoms. The van der Waals surface area contributed by atoms with E-state index in [1.165, 1.54) is 12.0 Å². The smallest absolute Gasteiger partial charge is 0.139 e. The Balaban J connectivity index is 0.000000980. The summed E-state index contributed by atoms with van der Waals surface area (Å²) < 4.78 is 5.14. The van der Waals surface area contributed by atoms with Gasteiger partial charge in [0.05, 0.1) is 12.8 Å². The van der Waals surface area contributed by atoms with Crippen LogP contribution < -0.4 is 10.1 Å². The Morgan fingerprint density at radius 2 is 2.21 bits per heavy atom. The molecule has 0 unspecified atom stereocenters. The number of benzene rings is 1. The van der Waals surface area contributed by atoms with Crippen molar-refractivity contribution >= 4 is 29.7 Å². The fourth-order valence-electron chi connectivity index (χ4n) is 1.65. The van der Waals surface area contributed by atoms with Crippen LogP contribution in [0.3, 0.4) is 0 Å². The zero-order valence-corrected chi connectivity index (χ0v) is 9.54. The monoisotopic (exact) mass is 233 g/mol. The summed E-state index contributed by atoms with van der Waals surface area (Å²) in [5, 5.41) is 4.00. The minimum atomic E-state index is 0. The van der Waals surface area contributed by atoms with Crippen LogP contribution in [0.5, 0.6) is 5.75 Å². The minimum absolute atomic E-state index is 0. The summed E-state index contributed by atoms with van der Waals surface area (Å²) in [4.78, 5) is 0. The Kier molecular flexibility index (Phi) is 3.90. The Labute approximate surface area is 95.0 Å². The number of rotatable bonds is 1. The molecule has 2 nitrogen and oxygen atoms in total. The molecule has 78 valence electrons. The maximum atomic E-state index is 6.14. The van der Waals surface area contributed by atoms with E-state index in [1.807, 2.05) is 6.07 Å². The topological polar surface area (TPSA) is 21.3 Å². The van der Waals surface area contributed by atoms with Crippen LogP contribution in [0.15, 0.2) is 12.1 Å². The highest BCUT2D eigenvalue weighted by Crippen LogP contribution is 2.36. The van der Waals surface area contributed by atoms with E-state index in [0.717, 1.165) is 24.4 Å². The fraction of sp³-hybridized carbons (Fsp3) is 0.400. The SMILES string of the molecule is COc1ccc2c(c1Cl)NCCC2.Cl. The predicted molar refractivity (Wildman–Crippen MR) is 62.1 cm³/mol. The van der Waals surface area contributed by atoms with Gasteiger partial charge in [-0.3, -0.25) is 0 Å². The van der Waals surface area contributed by atoms with Gasteiger partial charge >= 0.3 is 0 Å². The minimum Gasteiger partial charge on any atom is -0.495 e. The quantitative estimate of drug-likeness (QED) is 0.805. The van der Waals surface area contributed by atoms with E-state index < -0.39 is 0 Å². The maximum Gasteiger partial charge on any atom is 0.139 e. The highest BCUT2D eigenvalue weighted by molar-refractivity contribution is 6.34. The third-order valence-electron chi connectivity index (χ3n) is 2.34. The lowest BCUT2D eigenvalue weighted by Crippen LogP contribution is -2.12. The standard InChI is InChI=1S/C10H12ClNO.ClH/c1-13-8-5-4-7-3-2-6-12-10(7)9(8)11;/h4-5,12H,2-3,6H2,1H3;1H. The van der Waals surface area contributed by atoms with Gasteiger partial charge in [-0.05, 0) is 24.5 Å². The number of aryl methyl sites for hydroxylation is 1. The first-order chi connectivity index (χ1) is 6.33. The second-order valence-electron chi connectivity index (χ2n) is 3.15. The molecule has 0 bridgehead atoms. The molecule has 0 aliphatic carbocycles. The van der Waals surface area contributed by atoms with E-state index in [1.54, 1.807) is 7.11 Å². The lowest BCUT2D eigenvalue weighted by Gasteiger charge is -2.20. The molecule has 0 spiro atoms. The molecule has 0 saturated carbocycles. The largest absolute Gasteiger partial charge is 0.495 e. The summed E-state index contributed by atoms with van der Waals surface area (Å²) >= 11 is 6.14. The van der Waals surface area contributed by atoms with Crippen molar-refractivity contribution in [3.63, 3.8) is 0 Å². The number of methoxy groups -OCH3 is 1. The number of anilines is 1. The molecule has 0 saturated heterocycles. The van der Waals surface area contributed by atoms with Gasteiger partial charge in [0.25, 0.3) is 0 Å². The van der Waals surface area contributed by atoms with Gasteiger partial charge in [-0.25, -0.2) is 0 Å². The van der Waals surface area contributed by atoms with Crippen molar-refractivity contribution < 1.29 is 4.74 Å².